The van der Waals surface area contributed by atoms with Gasteiger partial charge in [0.1, 0.15) is 23.3 Å². The van der Waals surface area contributed by atoms with Crippen molar-refractivity contribution in [3.63, 3.8) is 0 Å². The van der Waals surface area contributed by atoms with Gasteiger partial charge in [0.2, 0.25) is 5.91 Å². The summed E-state index contributed by atoms with van der Waals surface area (Å²) in [5, 5.41) is 2.72. The highest BCUT2D eigenvalue weighted by atomic mass is 19.1. The predicted octanol–water partition coefficient (Wildman–Crippen LogP) is 3.74. The van der Waals surface area contributed by atoms with E-state index < -0.39 is 17.0 Å². The molecule has 0 bridgehead atoms. The lowest BCUT2D eigenvalue weighted by atomic mass is 9.92. The van der Waals surface area contributed by atoms with Crippen LogP contribution in [-0.2, 0) is 10.2 Å². The molecule has 1 aliphatic carbocycles. The van der Waals surface area contributed by atoms with Gasteiger partial charge in [-0.15, -0.1) is 0 Å². The van der Waals surface area contributed by atoms with Crippen molar-refractivity contribution < 1.29 is 18.3 Å². The highest BCUT2D eigenvalue weighted by molar-refractivity contribution is 6.01. The van der Waals surface area contributed by atoms with E-state index in [0.717, 1.165) is 6.20 Å². The zero-order valence-electron chi connectivity index (χ0n) is 16.5. The molecule has 154 valence electrons. The topological polar surface area (TPSA) is 77.0 Å². The molecule has 3 aromatic rings. The van der Waals surface area contributed by atoms with E-state index in [4.69, 9.17) is 4.74 Å². The molecule has 0 saturated heterocycles. The zero-order valence-corrected chi connectivity index (χ0v) is 16.5. The third-order valence-electron chi connectivity index (χ3n) is 5.31. The maximum atomic E-state index is 13.9. The van der Waals surface area contributed by atoms with Crippen molar-refractivity contribution in [3.05, 3.63) is 77.5 Å². The van der Waals surface area contributed by atoms with Crippen molar-refractivity contribution in [1.82, 2.24) is 15.0 Å². The normalized spacial score (nSPS) is 19.9. The van der Waals surface area contributed by atoms with Gasteiger partial charge in [0.25, 0.3) is 0 Å². The van der Waals surface area contributed by atoms with E-state index >= 15 is 0 Å². The first-order valence-corrected chi connectivity index (χ1v) is 9.50. The standard InChI is InChI=1S/C22H20F2N4O2/c1-13-19(11-25-14(2)27-13)30-12-16-9-22(16,15-4-3-5-17(23)8-15)21(29)28-20-7-6-18(24)10-26-20/h3-8,10-11,16H,9,12H2,1-2H3,(H,26,28,29)/t16-,22+/m0/s1. The average molecular weight is 410 g/mol. The molecule has 1 saturated carbocycles. The number of amides is 1. The molecule has 0 radical (unpaired) electrons. The van der Waals surface area contributed by atoms with Crippen molar-refractivity contribution in [2.45, 2.75) is 25.7 Å². The molecule has 2 aromatic heterocycles. The van der Waals surface area contributed by atoms with E-state index in [0.29, 0.717) is 29.3 Å². The van der Waals surface area contributed by atoms with Crippen LogP contribution >= 0.6 is 0 Å². The molecule has 1 aromatic carbocycles. The number of anilines is 1. The van der Waals surface area contributed by atoms with Gasteiger partial charge < -0.3 is 10.1 Å². The van der Waals surface area contributed by atoms with Crippen LogP contribution in [0.3, 0.4) is 0 Å². The number of ether oxygens (including phenoxy) is 1. The van der Waals surface area contributed by atoms with E-state index in [1.54, 1.807) is 25.3 Å². The smallest absolute Gasteiger partial charge is 0.236 e. The lowest BCUT2D eigenvalue weighted by Gasteiger charge is -2.18. The van der Waals surface area contributed by atoms with Gasteiger partial charge in [-0.25, -0.2) is 23.7 Å². The number of carbonyl (C=O) groups excluding carboxylic acids is 1. The number of benzene rings is 1. The maximum absolute atomic E-state index is 13.9. The van der Waals surface area contributed by atoms with Gasteiger partial charge in [0, 0.05) is 5.92 Å². The first-order valence-electron chi connectivity index (χ1n) is 9.50. The number of aryl methyl sites for hydroxylation is 2. The van der Waals surface area contributed by atoms with Gasteiger partial charge >= 0.3 is 0 Å². The van der Waals surface area contributed by atoms with Gasteiger partial charge in [-0.2, -0.15) is 0 Å². The van der Waals surface area contributed by atoms with Crippen LogP contribution in [0.1, 0.15) is 23.5 Å². The Labute approximate surface area is 172 Å². The van der Waals surface area contributed by atoms with Gasteiger partial charge in [0.15, 0.2) is 5.75 Å². The number of nitrogens with one attached hydrogen (secondary N) is 1. The van der Waals surface area contributed by atoms with Gasteiger partial charge in [-0.1, -0.05) is 12.1 Å². The second kappa shape index (κ2) is 7.78. The first kappa shape index (κ1) is 19.9. The Morgan fingerprint density at radius 3 is 2.70 bits per heavy atom. The molecule has 6 nitrogen and oxygen atoms in total. The van der Waals surface area contributed by atoms with Crippen LogP contribution in [0, 0.1) is 31.4 Å². The highest BCUT2D eigenvalue weighted by Crippen LogP contribution is 2.55. The van der Waals surface area contributed by atoms with Crippen LogP contribution in [0.25, 0.3) is 0 Å². The first-order chi connectivity index (χ1) is 14.4. The molecule has 2 heterocycles. The molecule has 30 heavy (non-hydrogen) atoms. The summed E-state index contributed by atoms with van der Waals surface area (Å²) < 4.78 is 32.9. The Kier molecular flexibility index (Phi) is 5.15. The molecule has 1 amide bonds. The number of hydrogen-bond donors (Lipinski definition) is 1. The second-order valence-electron chi connectivity index (χ2n) is 7.38. The summed E-state index contributed by atoms with van der Waals surface area (Å²) in [4.78, 5) is 25.5. The van der Waals surface area contributed by atoms with E-state index in [1.165, 1.54) is 24.3 Å². The summed E-state index contributed by atoms with van der Waals surface area (Å²) in [5.41, 5.74) is 0.310. The van der Waals surface area contributed by atoms with Crippen LogP contribution in [0.15, 0.2) is 48.8 Å². The quantitative estimate of drug-likeness (QED) is 0.670. The molecule has 4 rings (SSSR count). The lowest BCUT2D eigenvalue weighted by molar-refractivity contribution is -0.119. The van der Waals surface area contributed by atoms with Crippen LogP contribution in [0.2, 0.25) is 0 Å². The number of aromatic nitrogens is 3. The molecule has 1 fully saturated rings. The number of nitrogens with zero attached hydrogens (tertiary/aromatic N) is 3. The zero-order chi connectivity index (χ0) is 21.3. The SMILES string of the molecule is Cc1ncc(OC[C@@H]2C[C@@]2(C(=O)Nc2ccc(F)cn2)c2cccc(F)c2)c(C)n1. The molecule has 1 aliphatic rings. The minimum Gasteiger partial charge on any atom is -0.490 e. The minimum absolute atomic E-state index is 0.180. The van der Waals surface area contributed by atoms with Crippen molar-refractivity contribution in [2.24, 2.45) is 5.92 Å². The Morgan fingerprint density at radius 2 is 2.00 bits per heavy atom. The fraction of sp³-hybridized carbons (Fsp3) is 0.273. The minimum atomic E-state index is -0.961. The molecule has 0 aliphatic heterocycles. The molecular formula is C22H20F2N4O2. The highest BCUT2D eigenvalue weighted by Gasteiger charge is 2.61. The van der Waals surface area contributed by atoms with Crippen LogP contribution < -0.4 is 10.1 Å². The Morgan fingerprint density at radius 1 is 1.17 bits per heavy atom. The number of pyridine rings is 1. The molecule has 8 heteroatoms. The Bertz CT molecular complexity index is 1090. The van der Waals surface area contributed by atoms with E-state index in [1.807, 2.05) is 6.92 Å². The van der Waals surface area contributed by atoms with Crippen LogP contribution in [0.4, 0.5) is 14.6 Å². The Hall–Kier alpha value is -3.42. The predicted molar refractivity (Wildman–Crippen MR) is 106 cm³/mol. The van der Waals surface area contributed by atoms with Crippen LogP contribution in [0.5, 0.6) is 5.75 Å². The van der Waals surface area contributed by atoms with E-state index in [9.17, 15) is 13.6 Å². The fourth-order valence-corrected chi connectivity index (χ4v) is 3.64. The van der Waals surface area contributed by atoms with Crippen molar-refractivity contribution in [3.8, 4) is 5.75 Å². The van der Waals surface area contributed by atoms with Gasteiger partial charge in [-0.05, 0) is 50.1 Å². The molecule has 2 atom stereocenters. The van der Waals surface area contributed by atoms with E-state index in [-0.39, 0.29) is 24.2 Å². The summed E-state index contributed by atoms with van der Waals surface area (Å²) in [6, 6.07) is 8.58. The summed E-state index contributed by atoms with van der Waals surface area (Å²) in [6.45, 7) is 3.86. The monoisotopic (exact) mass is 410 g/mol. The van der Waals surface area contributed by atoms with Gasteiger partial charge in [0.05, 0.1) is 30.1 Å². The van der Waals surface area contributed by atoms with Crippen LogP contribution in [-0.4, -0.2) is 27.5 Å². The lowest BCUT2D eigenvalue weighted by Crippen LogP contribution is -2.31. The Balaban J connectivity index is 1.56. The summed E-state index contributed by atoms with van der Waals surface area (Å²) in [5.74, 6) is -0.0207. The van der Waals surface area contributed by atoms with Gasteiger partial charge in [-0.3, -0.25) is 4.79 Å². The number of halogens is 2. The summed E-state index contributed by atoms with van der Waals surface area (Å²) in [7, 11) is 0. The molecule has 0 spiro atoms. The number of hydrogen-bond acceptors (Lipinski definition) is 5. The average Bonchev–Trinajstić information content (AvgIpc) is 3.45. The second-order valence-corrected chi connectivity index (χ2v) is 7.38. The largest absolute Gasteiger partial charge is 0.490 e. The fourth-order valence-electron chi connectivity index (χ4n) is 3.64. The third kappa shape index (κ3) is 3.85. The summed E-state index contributed by atoms with van der Waals surface area (Å²) in [6.07, 6.45) is 3.11. The van der Waals surface area contributed by atoms with Crippen molar-refractivity contribution >= 4 is 11.7 Å². The van der Waals surface area contributed by atoms with Crippen molar-refractivity contribution in [2.75, 3.05) is 11.9 Å². The number of carbonyl (C=O) groups is 1. The summed E-state index contributed by atoms with van der Waals surface area (Å²) >= 11 is 0. The molecule has 1 N–H and O–H groups in total. The maximum Gasteiger partial charge on any atom is 0.236 e. The number of rotatable bonds is 6. The molecule has 0 unspecified atom stereocenters. The molecular weight excluding hydrogens is 390 g/mol. The van der Waals surface area contributed by atoms with Crippen molar-refractivity contribution in [1.29, 1.82) is 0 Å². The van der Waals surface area contributed by atoms with E-state index in [2.05, 4.69) is 20.3 Å². The third-order valence-corrected chi connectivity index (χ3v) is 5.31.